The van der Waals surface area contributed by atoms with E-state index >= 15 is 0 Å². The lowest BCUT2D eigenvalue weighted by atomic mass is 10.7. The summed E-state index contributed by atoms with van der Waals surface area (Å²) < 4.78 is 15.8. The summed E-state index contributed by atoms with van der Waals surface area (Å²) in [4.78, 5) is 0. The van der Waals surface area contributed by atoms with E-state index in [1.54, 1.807) is 0 Å². The first-order valence-electron chi connectivity index (χ1n) is 4.24. The van der Waals surface area contributed by atoms with Crippen molar-refractivity contribution in [3.63, 3.8) is 0 Å². The van der Waals surface area contributed by atoms with Gasteiger partial charge in [0.25, 0.3) is 0 Å². The van der Waals surface area contributed by atoms with Gasteiger partial charge in [0.15, 0.2) is 6.29 Å². The first kappa shape index (κ1) is 13.8. The van der Waals surface area contributed by atoms with Crippen LogP contribution in [0, 0.1) is 0 Å². The fourth-order valence-corrected chi connectivity index (χ4v) is 1.10. The van der Waals surface area contributed by atoms with E-state index in [0.29, 0.717) is 19.8 Å². The molecule has 0 saturated carbocycles. The van der Waals surface area contributed by atoms with Crippen LogP contribution < -0.4 is 0 Å². The van der Waals surface area contributed by atoms with Crippen LogP contribution >= 0.6 is 31.9 Å². The van der Waals surface area contributed by atoms with Gasteiger partial charge in [-0.05, 0) is 6.92 Å². The number of rotatable bonds is 9. The van der Waals surface area contributed by atoms with Crippen LogP contribution in [-0.2, 0) is 14.2 Å². The summed E-state index contributed by atoms with van der Waals surface area (Å²) in [5, 5.41) is 1.70. The molecule has 0 aliphatic rings. The number of alkyl halides is 2. The normalized spacial score (nSPS) is 13.2. The first-order valence-corrected chi connectivity index (χ1v) is 6.48. The molecule has 0 saturated heterocycles. The molecule has 0 radical (unpaired) electrons. The Balaban J connectivity index is 3.03. The predicted octanol–water partition coefficient (Wildman–Crippen LogP) is 2.17. The third kappa shape index (κ3) is 10.8. The largest absolute Gasteiger partial charge is 0.378 e. The summed E-state index contributed by atoms with van der Waals surface area (Å²) in [5.41, 5.74) is 0. The maximum atomic E-state index is 5.31. The van der Waals surface area contributed by atoms with Crippen molar-refractivity contribution in [2.75, 3.05) is 37.1 Å². The predicted molar refractivity (Wildman–Crippen MR) is 59.8 cm³/mol. The fourth-order valence-electron chi connectivity index (χ4n) is 0.688. The van der Waals surface area contributed by atoms with Crippen LogP contribution in [0.4, 0.5) is 0 Å². The molecule has 5 heteroatoms. The maximum Gasteiger partial charge on any atom is 0.154 e. The van der Waals surface area contributed by atoms with Crippen LogP contribution in [0.25, 0.3) is 0 Å². The van der Waals surface area contributed by atoms with Crippen molar-refractivity contribution in [3.8, 4) is 0 Å². The number of hydrogen-bond acceptors (Lipinski definition) is 3. The highest BCUT2D eigenvalue weighted by Gasteiger charge is 2.00. The monoisotopic (exact) mass is 318 g/mol. The van der Waals surface area contributed by atoms with Gasteiger partial charge in [0.1, 0.15) is 0 Å². The van der Waals surface area contributed by atoms with Gasteiger partial charge in [-0.3, -0.25) is 0 Å². The third-order valence-electron chi connectivity index (χ3n) is 1.23. The van der Waals surface area contributed by atoms with Gasteiger partial charge in [0.05, 0.1) is 26.4 Å². The minimum absolute atomic E-state index is 0.148. The molecule has 0 aliphatic heterocycles. The molecule has 0 amide bonds. The molecule has 0 heterocycles. The Bertz CT molecular complexity index is 103. The average Bonchev–Trinajstić information content (AvgIpc) is 2.14. The molecule has 0 N–H and O–H groups in total. The van der Waals surface area contributed by atoms with E-state index in [4.69, 9.17) is 14.2 Å². The molecule has 0 aromatic rings. The van der Waals surface area contributed by atoms with Crippen LogP contribution in [0.15, 0.2) is 0 Å². The van der Waals surface area contributed by atoms with Gasteiger partial charge < -0.3 is 14.2 Å². The fraction of sp³-hybridized carbons (Fsp3) is 1.00. The smallest absolute Gasteiger partial charge is 0.154 e. The van der Waals surface area contributed by atoms with Crippen molar-refractivity contribution in [1.29, 1.82) is 0 Å². The first-order chi connectivity index (χ1) is 6.31. The molecule has 0 rings (SSSR count). The maximum absolute atomic E-state index is 5.31. The molecule has 0 aromatic carbocycles. The van der Waals surface area contributed by atoms with E-state index in [0.717, 1.165) is 17.3 Å². The molecule has 0 aliphatic carbocycles. The molecule has 1 atom stereocenters. The molecule has 0 fully saturated rings. The molecule has 0 spiro atoms. The average molecular weight is 320 g/mol. The van der Waals surface area contributed by atoms with E-state index in [1.807, 2.05) is 6.92 Å². The number of halogens is 2. The molecule has 0 aromatic heterocycles. The Morgan fingerprint density at radius 2 is 1.54 bits per heavy atom. The molecule has 3 nitrogen and oxygen atoms in total. The van der Waals surface area contributed by atoms with Gasteiger partial charge in [-0.15, -0.1) is 0 Å². The second-order valence-electron chi connectivity index (χ2n) is 2.30. The Kier molecular flexibility index (Phi) is 11.6. The van der Waals surface area contributed by atoms with Crippen molar-refractivity contribution < 1.29 is 14.2 Å². The second-order valence-corrected chi connectivity index (χ2v) is 3.89. The lowest BCUT2D eigenvalue weighted by molar-refractivity contribution is -0.134. The van der Waals surface area contributed by atoms with Crippen molar-refractivity contribution >= 4 is 31.9 Å². The Hall–Kier alpha value is 0.840. The minimum Gasteiger partial charge on any atom is -0.378 e. The van der Waals surface area contributed by atoms with Crippen LogP contribution in [0.2, 0.25) is 0 Å². The van der Waals surface area contributed by atoms with Crippen LogP contribution in [-0.4, -0.2) is 43.4 Å². The zero-order chi connectivity index (χ0) is 9.94. The summed E-state index contributed by atoms with van der Waals surface area (Å²) in [6.07, 6.45) is -0.148. The summed E-state index contributed by atoms with van der Waals surface area (Å²) in [6, 6.07) is 0. The van der Waals surface area contributed by atoms with Crippen LogP contribution in [0.3, 0.4) is 0 Å². The molecule has 0 bridgehead atoms. The molecular weight excluding hydrogens is 304 g/mol. The van der Waals surface area contributed by atoms with Gasteiger partial charge in [-0.1, -0.05) is 31.9 Å². The highest BCUT2D eigenvalue weighted by molar-refractivity contribution is 9.09. The standard InChI is InChI=1S/C8H16Br2O3/c1-8(12-5-3-10)13-7-6-11-4-2-9/h8H,2-7H2,1H3/t8-/m1/s1. The van der Waals surface area contributed by atoms with Crippen molar-refractivity contribution in [3.05, 3.63) is 0 Å². The van der Waals surface area contributed by atoms with E-state index in [1.165, 1.54) is 0 Å². The SMILES string of the molecule is C[C@H](OCCBr)OCCOCCBr. The van der Waals surface area contributed by atoms with E-state index in [2.05, 4.69) is 31.9 Å². The van der Waals surface area contributed by atoms with Gasteiger partial charge in [-0.2, -0.15) is 0 Å². The molecular formula is C8H16Br2O3. The molecule has 0 unspecified atom stereocenters. The molecule has 80 valence electrons. The zero-order valence-corrected chi connectivity index (χ0v) is 11.0. The van der Waals surface area contributed by atoms with E-state index < -0.39 is 0 Å². The quantitative estimate of drug-likeness (QED) is 0.370. The minimum atomic E-state index is -0.148. The van der Waals surface area contributed by atoms with Crippen molar-refractivity contribution in [2.24, 2.45) is 0 Å². The summed E-state index contributed by atoms with van der Waals surface area (Å²) >= 11 is 6.54. The zero-order valence-electron chi connectivity index (χ0n) is 7.80. The lowest BCUT2D eigenvalue weighted by Crippen LogP contribution is -2.17. The van der Waals surface area contributed by atoms with E-state index in [9.17, 15) is 0 Å². The van der Waals surface area contributed by atoms with Crippen molar-refractivity contribution in [2.45, 2.75) is 13.2 Å². The summed E-state index contributed by atoms with van der Waals surface area (Å²) in [7, 11) is 0. The van der Waals surface area contributed by atoms with Crippen LogP contribution in [0.1, 0.15) is 6.92 Å². The lowest BCUT2D eigenvalue weighted by Gasteiger charge is -2.12. The van der Waals surface area contributed by atoms with Crippen LogP contribution in [0.5, 0.6) is 0 Å². The molecule has 13 heavy (non-hydrogen) atoms. The Morgan fingerprint density at radius 1 is 0.923 bits per heavy atom. The van der Waals surface area contributed by atoms with Gasteiger partial charge in [0, 0.05) is 10.7 Å². The summed E-state index contributed by atoms with van der Waals surface area (Å²) in [5.74, 6) is 0. The number of hydrogen-bond donors (Lipinski definition) is 0. The summed E-state index contributed by atoms with van der Waals surface area (Å²) in [6.45, 7) is 4.47. The topological polar surface area (TPSA) is 27.7 Å². The van der Waals surface area contributed by atoms with Crippen molar-refractivity contribution in [1.82, 2.24) is 0 Å². The highest BCUT2D eigenvalue weighted by atomic mass is 79.9. The van der Waals surface area contributed by atoms with Gasteiger partial charge in [-0.25, -0.2) is 0 Å². The third-order valence-corrected chi connectivity index (χ3v) is 1.88. The van der Waals surface area contributed by atoms with Gasteiger partial charge in [0.2, 0.25) is 0 Å². The second kappa shape index (κ2) is 10.9. The highest BCUT2D eigenvalue weighted by Crippen LogP contribution is 1.94. The van der Waals surface area contributed by atoms with Gasteiger partial charge >= 0.3 is 0 Å². The Labute approximate surface area is 96.4 Å². The Morgan fingerprint density at radius 3 is 2.15 bits per heavy atom. The number of ether oxygens (including phenoxy) is 3. The van der Waals surface area contributed by atoms with E-state index in [-0.39, 0.29) is 6.29 Å².